The Bertz CT molecular complexity index is 732. The summed E-state index contributed by atoms with van der Waals surface area (Å²) in [7, 11) is 0. The van der Waals surface area contributed by atoms with Gasteiger partial charge in [0, 0.05) is 6.20 Å². The zero-order valence-corrected chi connectivity index (χ0v) is 9.08. The zero-order chi connectivity index (χ0) is 11.8. The number of nitrogens with zero attached hydrogens (tertiary/aromatic N) is 4. The Kier molecular flexibility index (Phi) is 1.95. The topological polar surface area (TPSA) is 67.1 Å². The first-order chi connectivity index (χ1) is 8.28. The SMILES string of the molecule is Cc1ccc(-c2nnc3ccc(C#N)cn23)o1. The van der Waals surface area contributed by atoms with E-state index >= 15 is 0 Å². The number of rotatable bonds is 1. The van der Waals surface area contributed by atoms with E-state index in [1.54, 1.807) is 22.7 Å². The van der Waals surface area contributed by atoms with Crippen molar-refractivity contribution in [1.29, 1.82) is 5.26 Å². The molecule has 5 heteroatoms. The normalized spacial score (nSPS) is 10.6. The third-order valence-corrected chi connectivity index (χ3v) is 2.49. The van der Waals surface area contributed by atoms with Crippen LogP contribution >= 0.6 is 0 Å². The maximum atomic E-state index is 8.87. The number of nitriles is 1. The molecule has 0 aromatic carbocycles. The molecular formula is C12H8N4O. The quantitative estimate of drug-likeness (QED) is 0.635. The van der Waals surface area contributed by atoms with Crippen molar-refractivity contribution in [3.63, 3.8) is 0 Å². The van der Waals surface area contributed by atoms with Gasteiger partial charge in [-0.3, -0.25) is 4.40 Å². The van der Waals surface area contributed by atoms with Gasteiger partial charge in [-0.05, 0) is 31.2 Å². The largest absolute Gasteiger partial charge is 0.458 e. The van der Waals surface area contributed by atoms with Gasteiger partial charge in [0.15, 0.2) is 11.4 Å². The zero-order valence-electron chi connectivity index (χ0n) is 9.08. The van der Waals surface area contributed by atoms with Gasteiger partial charge in [-0.1, -0.05) is 0 Å². The van der Waals surface area contributed by atoms with Crippen LogP contribution in [0, 0.1) is 18.3 Å². The van der Waals surface area contributed by atoms with Gasteiger partial charge in [0.05, 0.1) is 5.56 Å². The summed E-state index contributed by atoms with van der Waals surface area (Å²) in [5, 5.41) is 17.0. The van der Waals surface area contributed by atoms with E-state index in [4.69, 9.17) is 9.68 Å². The Morgan fingerprint density at radius 3 is 2.82 bits per heavy atom. The summed E-state index contributed by atoms with van der Waals surface area (Å²) in [5.74, 6) is 2.06. The first-order valence-corrected chi connectivity index (χ1v) is 5.09. The van der Waals surface area contributed by atoms with Gasteiger partial charge in [0.1, 0.15) is 11.8 Å². The van der Waals surface area contributed by atoms with Crippen molar-refractivity contribution in [3.05, 3.63) is 41.8 Å². The Labute approximate surface area is 96.9 Å². The predicted octanol–water partition coefficient (Wildman–Crippen LogP) is 2.17. The van der Waals surface area contributed by atoms with Crippen LogP contribution in [0.15, 0.2) is 34.9 Å². The molecule has 0 saturated heterocycles. The van der Waals surface area contributed by atoms with Crippen LogP contribution in [0.25, 0.3) is 17.2 Å². The number of pyridine rings is 1. The second-order valence-corrected chi connectivity index (χ2v) is 3.69. The van der Waals surface area contributed by atoms with Crippen LogP contribution in [0.3, 0.4) is 0 Å². The molecule has 3 aromatic rings. The van der Waals surface area contributed by atoms with E-state index in [-0.39, 0.29) is 0 Å². The lowest BCUT2D eigenvalue weighted by molar-refractivity contribution is 0.543. The van der Waals surface area contributed by atoms with Crippen LogP contribution in [0.2, 0.25) is 0 Å². The van der Waals surface area contributed by atoms with Crippen molar-refractivity contribution in [2.24, 2.45) is 0 Å². The van der Waals surface area contributed by atoms with Crippen molar-refractivity contribution in [2.45, 2.75) is 6.92 Å². The lowest BCUT2D eigenvalue weighted by Crippen LogP contribution is -1.89. The fraction of sp³-hybridized carbons (Fsp3) is 0.0833. The summed E-state index contributed by atoms with van der Waals surface area (Å²) in [6.07, 6.45) is 1.70. The molecule has 0 aliphatic rings. The molecule has 0 aliphatic carbocycles. The smallest absolute Gasteiger partial charge is 0.204 e. The van der Waals surface area contributed by atoms with Crippen LogP contribution in [0.5, 0.6) is 0 Å². The molecule has 5 nitrogen and oxygen atoms in total. The van der Waals surface area contributed by atoms with Gasteiger partial charge in [-0.25, -0.2) is 0 Å². The lowest BCUT2D eigenvalue weighted by atomic mass is 10.3. The summed E-state index contributed by atoms with van der Waals surface area (Å²) < 4.78 is 7.25. The first-order valence-electron chi connectivity index (χ1n) is 5.09. The molecule has 0 fully saturated rings. The number of hydrogen-bond acceptors (Lipinski definition) is 4. The minimum atomic E-state index is 0.557. The summed E-state index contributed by atoms with van der Waals surface area (Å²) in [5.41, 5.74) is 1.25. The number of fused-ring (bicyclic) bond motifs is 1. The molecule has 0 N–H and O–H groups in total. The fourth-order valence-corrected chi connectivity index (χ4v) is 1.68. The highest BCUT2D eigenvalue weighted by atomic mass is 16.3. The minimum absolute atomic E-state index is 0.557. The van der Waals surface area contributed by atoms with E-state index in [9.17, 15) is 0 Å². The van der Waals surface area contributed by atoms with Crippen molar-refractivity contribution >= 4 is 5.65 Å². The maximum Gasteiger partial charge on any atom is 0.204 e. The van der Waals surface area contributed by atoms with Crippen LogP contribution in [0.1, 0.15) is 11.3 Å². The molecular weight excluding hydrogens is 216 g/mol. The van der Waals surface area contributed by atoms with E-state index in [0.717, 1.165) is 5.76 Å². The van der Waals surface area contributed by atoms with E-state index in [1.165, 1.54) is 0 Å². The van der Waals surface area contributed by atoms with E-state index in [2.05, 4.69) is 16.3 Å². The minimum Gasteiger partial charge on any atom is -0.458 e. The lowest BCUT2D eigenvalue weighted by Gasteiger charge is -1.96. The summed E-state index contributed by atoms with van der Waals surface area (Å²) >= 11 is 0. The average molecular weight is 224 g/mol. The molecule has 0 unspecified atom stereocenters. The van der Waals surface area contributed by atoms with Gasteiger partial charge in [-0.2, -0.15) is 5.26 Å². The molecule has 3 rings (SSSR count). The standard InChI is InChI=1S/C12H8N4O/c1-8-2-4-10(17-8)12-15-14-11-5-3-9(6-13)7-16(11)12/h2-5,7H,1H3. The molecule has 17 heavy (non-hydrogen) atoms. The van der Waals surface area contributed by atoms with Gasteiger partial charge >= 0.3 is 0 Å². The molecule has 82 valence electrons. The number of aryl methyl sites for hydroxylation is 1. The van der Waals surface area contributed by atoms with Gasteiger partial charge in [-0.15, -0.1) is 10.2 Å². The monoisotopic (exact) mass is 224 g/mol. The molecule has 0 atom stereocenters. The fourth-order valence-electron chi connectivity index (χ4n) is 1.68. The summed E-state index contributed by atoms with van der Waals surface area (Å²) in [6, 6.07) is 9.25. The molecule has 3 aromatic heterocycles. The van der Waals surface area contributed by atoms with E-state index < -0.39 is 0 Å². The van der Waals surface area contributed by atoms with Crippen molar-refractivity contribution in [3.8, 4) is 17.7 Å². The number of hydrogen-bond donors (Lipinski definition) is 0. The molecule has 0 aliphatic heterocycles. The van der Waals surface area contributed by atoms with E-state index in [0.29, 0.717) is 22.8 Å². The maximum absolute atomic E-state index is 8.87. The van der Waals surface area contributed by atoms with Gasteiger partial charge in [0.25, 0.3) is 0 Å². The Hall–Kier alpha value is -2.61. The van der Waals surface area contributed by atoms with Crippen LogP contribution in [-0.2, 0) is 0 Å². The Morgan fingerprint density at radius 1 is 1.24 bits per heavy atom. The third-order valence-electron chi connectivity index (χ3n) is 2.49. The molecule has 0 amide bonds. The van der Waals surface area contributed by atoms with Gasteiger partial charge in [0.2, 0.25) is 5.82 Å². The first kappa shape index (κ1) is 9.60. The van der Waals surface area contributed by atoms with E-state index in [1.807, 2.05) is 19.1 Å². The highest BCUT2D eigenvalue weighted by molar-refractivity contribution is 5.55. The average Bonchev–Trinajstić information content (AvgIpc) is 2.93. The molecule has 0 radical (unpaired) electrons. The van der Waals surface area contributed by atoms with Crippen LogP contribution in [0.4, 0.5) is 0 Å². The Balaban J connectivity index is 2.27. The molecule has 0 saturated carbocycles. The summed E-state index contributed by atoms with van der Waals surface area (Å²) in [4.78, 5) is 0. The van der Waals surface area contributed by atoms with Crippen molar-refractivity contribution in [1.82, 2.24) is 14.6 Å². The summed E-state index contributed by atoms with van der Waals surface area (Å²) in [6.45, 7) is 1.87. The van der Waals surface area contributed by atoms with Gasteiger partial charge < -0.3 is 4.42 Å². The predicted molar refractivity (Wildman–Crippen MR) is 60.1 cm³/mol. The van der Waals surface area contributed by atoms with Crippen LogP contribution < -0.4 is 0 Å². The van der Waals surface area contributed by atoms with Crippen LogP contribution in [-0.4, -0.2) is 14.6 Å². The second kappa shape index (κ2) is 3.46. The van der Waals surface area contributed by atoms with Crippen molar-refractivity contribution < 1.29 is 4.42 Å². The molecule has 0 bridgehead atoms. The highest BCUT2D eigenvalue weighted by Gasteiger charge is 2.11. The molecule has 0 spiro atoms. The highest BCUT2D eigenvalue weighted by Crippen LogP contribution is 2.21. The number of furan rings is 1. The second-order valence-electron chi connectivity index (χ2n) is 3.69. The molecule has 3 heterocycles. The Morgan fingerprint density at radius 2 is 2.12 bits per heavy atom. The third kappa shape index (κ3) is 1.47. The van der Waals surface area contributed by atoms with Crippen molar-refractivity contribution in [2.75, 3.05) is 0 Å². The number of aromatic nitrogens is 3.